The summed E-state index contributed by atoms with van der Waals surface area (Å²) in [5, 5.41) is 0. The summed E-state index contributed by atoms with van der Waals surface area (Å²) in [6, 6.07) is 2.98. The van der Waals surface area contributed by atoms with Crippen molar-refractivity contribution in [3.63, 3.8) is 0 Å². The molecule has 1 unspecified atom stereocenters. The molecule has 1 heterocycles. The van der Waals surface area contributed by atoms with Crippen LogP contribution in [0, 0.1) is 0 Å². The highest BCUT2D eigenvalue weighted by atomic mass is 32.2. The fraction of sp³-hybridized carbons (Fsp3) is 0.364. The maximum atomic E-state index is 11.9. The van der Waals surface area contributed by atoms with Gasteiger partial charge in [-0.2, -0.15) is 0 Å². The number of rotatable bonds is 3. The van der Waals surface area contributed by atoms with E-state index < -0.39 is 6.04 Å². The molecule has 0 fully saturated rings. The molecule has 1 atom stereocenters. The third kappa shape index (κ3) is 1.76. The van der Waals surface area contributed by atoms with Crippen molar-refractivity contribution in [1.82, 2.24) is 0 Å². The van der Waals surface area contributed by atoms with Crippen LogP contribution in [0.15, 0.2) is 17.0 Å². The molecule has 0 radical (unpaired) electrons. The van der Waals surface area contributed by atoms with Crippen LogP contribution in [-0.4, -0.2) is 24.9 Å². The van der Waals surface area contributed by atoms with Crippen LogP contribution >= 0.6 is 11.8 Å². The van der Waals surface area contributed by atoms with Gasteiger partial charge in [0.15, 0.2) is 17.3 Å². The zero-order valence-corrected chi connectivity index (χ0v) is 9.97. The first-order valence-corrected chi connectivity index (χ1v) is 6.14. The first-order chi connectivity index (χ1) is 7.65. The molecule has 0 saturated carbocycles. The number of fused-ring (bicyclic) bond motifs is 1. The molecule has 0 bridgehead atoms. The van der Waals surface area contributed by atoms with Gasteiger partial charge in [-0.15, -0.1) is 11.8 Å². The van der Waals surface area contributed by atoms with Crippen molar-refractivity contribution in [2.45, 2.75) is 17.9 Å². The summed E-state index contributed by atoms with van der Waals surface area (Å²) >= 11 is 1.47. The maximum Gasteiger partial charge on any atom is 0.231 e. The largest absolute Gasteiger partial charge is 0.454 e. The molecule has 0 saturated heterocycles. The van der Waals surface area contributed by atoms with E-state index in [0.717, 1.165) is 4.90 Å². The molecule has 0 aromatic heterocycles. The van der Waals surface area contributed by atoms with Crippen molar-refractivity contribution in [1.29, 1.82) is 0 Å². The summed E-state index contributed by atoms with van der Waals surface area (Å²) in [5.41, 5.74) is 6.21. The molecule has 0 spiro atoms. The second-order valence-electron chi connectivity index (χ2n) is 3.53. The zero-order chi connectivity index (χ0) is 11.7. The molecule has 2 N–H and O–H groups in total. The number of ether oxygens (including phenoxy) is 2. The summed E-state index contributed by atoms with van der Waals surface area (Å²) in [5.74, 6) is 1.26. The highest BCUT2D eigenvalue weighted by Gasteiger charge is 2.24. The molecular formula is C11H13NO3S. The zero-order valence-electron chi connectivity index (χ0n) is 9.15. The molecule has 1 aliphatic rings. The van der Waals surface area contributed by atoms with E-state index in [-0.39, 0.29) is 12.6 Å². The molecule has 1 aliphatic heterocycles. The minimum atomic E-state index is -0.508. The molecule has 86 valence electrons. The van der Waals surface area contributed by atoms with Crippen LogP contribution in [0.3, 0.4) is 0 Å². The highest BCUT2D eigenvalue weighted by molar-refractivity contribution is 7.98. The Morgan fingerprint density at radius 1 is 1.50 bits per heavy atom. The first-order valence-electron chi connectivity index (χ1n) is 4.91. The molecule has 4 nitrogen and oxygen atoms in total. The molecule has 0 amide bonds. The topological polar surface area (TPSA) is 61.6 Å². The first kappa shape index (κ1) is 11.3. The third-order valence-corrected chi connectivity index (χ3v) is 3.19. The van der Waals surface area contributed by atoms with Crippen LogP contribution in [0.5, 0.6) is 11.5 Å². The van der Waals surface area contributed by atoms with Crippen LogP contribution in [0.4, 0.5) is 0 Å². The van der Waals surface area contributed by atoms with E-state index in [1.54, 1.807) is 19.1 Å². The van der Waals surface area contributed by atoms with Gasteiger partial charge in [-0.25, -0.2) is 0 Å². The molecular weight excluding hydrogens is 226 g/mol. The number of hydrogen-bond donors (Lipinski definition) is 1. The number of ketones is 1. The van der Waals surface area contributed by atoms with Crippen LogP contribution in [0.1, 0.15) is 17.3 Å². The molecule has 0 aliphatic carbocycles. The average Bonchev–Trinajstić information content (AvgIpc) is 2.74. The van der Waals surface area contributed by atoms with Gasteiger partial charge in [0.25, 0.3) is 0 Å². The van der Waals surface area contributed by atoms with E-state index in [9.17, 15) is 4.79 Å². The lowest BCUT2D eigenvalue weighted by atomic mass is 10.1. The van der Waals surface area contributed by atoms with Gasteiger partial charge in [-0.3, -0.25) is 4.79 Å². The Bertz CT molecular complexity index is 431. The molecule has 1 aromatic carbocycles. The number of Topliss-reactive ketones (excluding diaryl/α,β-unsaturated/α-hetero) is 1. The van der Waals surface area contributed by atoms with E-state index in [0.29, 0.717) is 17.1 Å². The Kier molecular flexibility index (Phi) is 3.07. The molecule has 1 aromatic rings. The van der Waals surface area contributed by atoms with Gasteiger partial charge in [-0.05, 0) is 25.3 Å². The van der Waals surface area contributed by atoms with Gasteiger partial charge in [0.2, 0.25) is 6.79 Å². The Morgan fingerprint density at radius 2 is 2.25 bits per heavy atom. The summed E-state index contributed by atoms with van der Waals surface area (Å²) < 4.78 is 10.6. The minimum absolute atomic E-state index is 0.0809. The maximum absolute atomic E-state index is 11.9. The summed E-state index contributed by atoms with van der Waals surface area (Å²) in [6.07, 6.45) is 1.90. The van der Waals surface area contributed by atoms with Crippen molar-refractivity contribution < 1.29 is 14.3 Å². The number of benzene rings is 1. The van der Waals surface area contributed by atoms with Gasteiger partial charge in [0, 0.05) is 5.56 Å². The van der Waals surface area contributed by atoms with Crippen molar-refractivity contribution in [2.75, 3.05) is 13.0 Å². The monoisotopic (exact) mass is 239 g/mol. The average molecular weight is 239 g/mol. The van der Waals surface area contributed by atoms with Gasteiger partial charge in [-0.1, -0.05) is 0 Å². The number of carbonyl (C=O) groups excluding carboxylic acids is 1. The van der Waals surface area contributed by atoms with Gasteiger partial charge in [0.1, 0.15) is 0 Å². The number of hydrogen-bond acceptors (Lipinski definition) is 5. The predicted molar refractivity (Wildman–Crippen MR) is 62.3 cm³/mol. The number of carbonyl (C=O) groups is 1. The van der Waals surface area contributed by atoms with Gasteiger partial charge in [0.05, 0.1) is 10.9 Å². The van der Waals surface area contributed by atoms with Gasteiger partial charge < -0.3 is 15.2 Å². The van der Waals surface area contributed by atoms with E-state index in [1.807, 2.05) is 6.26 Å². The van der Waals surface area contributed by atoms with E-state index >= 15 is 0 Å². The van der Waals surface area contributed by atoms with Crippen LogP contribution < -0.4 is 15.2 Å². The lowest BCUT2D eigenvalue weighted by molar-refractivity contribution is 0.0964. The van der Waals surface area contributed by atoms with Crippen molar-refractivity contribution in [3.05, 3.63) is 17.7 Å². The highest BCUT2D eigenvalue weighted by Crippen LogP contribution is 2.42. The fourth-order valence-corrected chi connectivity index (χ4v) is 2.32. The minimum Gasteiger partial charge on any atom is -0.454 e. The molecule has 2 rings (SSSR count). The normalized spacial score (nSPS) is 14.9. The smallest absolute Gasteiger partial charge is 0.231 e. The second kappa shape index (κ2) is 4.35. The van der Waals surface area contributed by atoms with E-state index in [1.165, 1.54) is 11.8 Å². The Balaban J connectivity index is 2.51. The Hall–Kier alpha value is -1.20. The van der Waals surface area contributed by atoms with Crippen molar-refractivity contribution >= 4 is 17.5 Å². The second-order valence-corrected chi connectivity index (χ2v) is 4.35. The fourth-order valence-electron chi connectivity index (χ4n) is 1.59. The molecule has 5 heteroatoms. The standard InChI is InChI=1S/C11H13NO3S/c1-6(12)9(13)7-3-4-8-10(11(7)16-2)15-5-14-8/h3-4,6H,5,12H2,1-2H3. The summed E-state index contributed by atoms with van der Waals surface area (Å²) in [7, 11) is 0. The predicted octanol–water partition coefficient (Wildman–Crippen LogP) is 1.67. The number of thioether (sulfide) groups is 1. The van der Waals surface area contributed by atoms with Crippen LogP contribution in [-0.2, 0) is 0 Å². The number of nitrogens with two attached hydrogens (primary N) is 1. The van der Waals surface area contributed by atoms with Crippen molar-refractivity contribution in [3.8, 4) is 11.5 Å². The third-order valence-electron chi connectivity index (χ3n) is 2.38. The lowest BCUT2D eigenvalue weighted by Crippen LogP contribution is -2.27. The quantitative estimate of drug-likeness (QED) is 0.642. The Labute approximate surface area is 98.1 Å². The van der Waals surface area contributed by atoms with Crippen molar-refractivity contribution in [2.24, 2.45) is 5.73 Å². The van der Waals surface area contributed by atoms with E-state index in [4.69, 9.17) is 15.2 Å². The van der Waals surface area contributed by atoms with Crippen LogP contribution in [0.25, 0.3) is 0 Å². The van der Waals surface area contributed by atoms with Crippen LogP contribution in [0.2, 0.25) is 0 Å². The SMILES string of the molecule is CSc1c(C(=O)C(C)N)ccc2c1OCO2. The lowest BCUT2D eigenvalue weighted by Gasteiger charge is -2.11. The molecule has 16 heavy (non-hydrogen) atoms. The van der Waals surface area contributed by atoms with E-state index in [2.05, 4.69) is 0 Å². The summed E-state index contributed by atoms with van der Waals surface area (Å²) in [6.45, 7) is 1.88. The van der Waals surface area contributed by atoms with Gasteiger partial charge >= 0.3 is 0 Å². The Morgan fingerprint density at radius 3 is 2.88 bits per heavy atom. The summed E-state index contributed by atoms with van der Waals surface area (Å²) in [4.78, 5) is 12.7.